The molecule has 6 heteroatoms. The second kappa shape index (κ2) is 9.59. The van der Waals surface area contributed by atoms with Gasteiger partial charge >= 0.3 is 0 Å². The monoisotopic (exact) mass is 398 g/mol. The summed E-state index contributed by atoms with van der Waals surface area (Å²) in [5.74, 6) is 1.53. The number of fused-ring (bicyclic) bond motifs is 1. The van der Waals surface area contributed by atoms with E-state index in [1.54, 1.807) is 0 Å². The van der Waals surface area contributed by atoms with E-state index in [0.29, 0.717) is 19.8 Å². The quantitative estimate of drug-likeness (QED) is 0.737. The van der Waals surface area contributed by atoms with Gasteiger partial charge in [-0.2, -0.15) is 0 Å². The second-order valence-electron chi connectivity index (χ2n) is 7.86. The van der Waals surface area contributed by atoms with Crippen LogP contribution in [0.2, 0.25) is 0 Å². The summed E-state index contributed by atoms with van der Waals surface area (Å²) in [6.07, 6.45) is -0.480. The van der Waals surface area contributed by atoms with Crippen molar-refractivity contribution in [3.63, 3.8) is 0 Å². The van der Waals surface area contributed by atoms with Gasteiger partial charge in [0.05, 0.1) is 19.3 Å². The maximum Gasteiger partial charge on any atom is 0.231 e. The fraction of sp³-hybridized carbons (Fsp3) is 0.478. The molecule has 0 aliphatic carbocycles. The van der Waals surface area contributed by atoms with Crippen LogP contribution in [0.3, 0.4) is 0 Å². The van der Waals surface area contributed by atoms with Crippen LogP contribution in [0.25, 0.3) is 0 Å². The summed E-state index contributed by atoms with van der Waals surface area (Å²) >= 11 is 0. The molecule has 0 saturated carbocycles. The zero-order valence-electron chi connectivity index (χ0n) is 17.0. The first-order chi connectivity index (χ1) is 14.2. The summed E-state index contributed by atoms with van der Waals surface area (Å²) in [6, 6.07) is 14.4. The molecule has 1 saturated heterocycles. The summed E-state index contributed by atoms with van der Waals surface area (Å²) in [7, 11) is 0. The molecule has 156 valence electrons. The lowest BCUT2D eigenvalue weighted by Gasteiger charge is -2.35. The molecule has 4 rings (SSSR count). The number of ether oxygens (including phenoxy) is 3. The number of hydrogen-bond donors (Lipinski definition) is 1. The number of aliphatic hydroxyl groups is 1. The Labute approximate surface area is 172 Å². The van der Waals surface area contributed by atoms with Gasteiger partial charge in [-0.3, -0.25) is 9.80 Å². The summed E-state index contributed by atoms with van der Waals surface area (Å²) in [6.45, 7) is 8.90. The predicted molar refractivity (Wildman–Crippen MR) is 111 cm³/mol. The van der Waals surface area contributed by atoms with Crippen molar-refractivity contribution in [2.45, 2.75) is 26.2 Å². The van der Waals surface area contributed by atoms with Gasteiger partial charge in [0.25, 0.3) is 0 Å². The normalized spacial score (nSPS) is 18.1. The topological polar surface area (TPSA) is 54.4 Å². The van der Waals surface area contributed by atoms with E-state index in [4.69, 9.17) is 14.2 Å². The zero-order valence-corrected chi connectivity index (χ0v) is 17.0. The Bertz CT molecular complexity index is 805. The predicted octanol–water partition coefficient (Wildman–Crippen LogP) is 2.42. The molecule has 2 aromatic carbocycles. The van der Waals surface area contributed by atoms with E-state index >= 15 is 0 Å². The standard InChI is InChI=1S/C23H30N2O4/c1-18-4-2-3-5-20(18)13-24-8-10-25(11-9-24)14-21(26)16-27-15-19-6-7-22-23(12-19)29-17-28-22/h2-7,12,21,26H,8-11,13-17H2,1H3. The lowest BCUT2D eigenvalue weighted by atomic mass is 10.1. The van der Waals surface area contributed by atoms with Gasteiger partial charge in [-0.1, -0.05) is 30.3 Å². The molecule has 6 nitrogen and oxygen atoms in total. The highest BCUT2D eigenvalue weighted by atomic mass is 16.7. The molecular formula is C23H30N2O4. The first-order valence-corrected chi connectivity index (χ1v) is 10.3. The van der Waals surface area contributed by atoms with Crippen LogP contribution in [0.5, 0.6) is 11.5 Å². The summed E-state index contributed by atoms with van der Waals surface area (Å²) in [4.78, 5) is 4.81. The lowest BCUT2D eigenvalue weighted by molar-refractivity contribution is 0.000845. The van der Waals surface area contributed by atoms with Gasteiger partial charge in [0.2, 0.25) is 6.79 Å². The molecule has 0 aromatic heterocycles. The van der Waals surface area contributed by atoms with E-state index in [9.17, 15) is 5.11 Å². The van der Waals surface area contributed by atoms with Crippen molar-refractivity contribution < 1.29 is 19.3 Å². The second-order valence-corrected chi connectivity index (χ2v) is 7.86. The number of rotatable bonds is 8. The minimum absolute atomic E-state index is 0.274. The van der Waals surface area contributed by atoms with Gasteiger partial charge in [-0.15, -0.1) is 0 Å². The Morgan fingerprint density at radius 3 is 2.59 bits per heavy atom. The van der Waals surface area contributed by atoms with Crippen molar-refractivity contribution >= 4 is 0 Å². The molecule has 1 atom stereocenters. The number of piperazine rings is 1. The van der Waals surface area contributed by atoms with Crippen LogP contribution >= 0.6 is 0 Å². The van der Waals surface area contributed by atoms with E-state index < -0.39 is 6.10 Å². The number of benzene rings is 2. The highest BCUT2D eigenvalue weighted by molar-refractivity contribution is 5.44. The average Bonchev–Trinajstić information content (AvgIpc) is 3.19. The van der Waals surface area contributed by atoms with Crippen LogP contribution in [0, 0.1) is 6.92 Å². The molecule has 2 aliphatic heterocycles. The van der Waals surface area contributed by atoms with Gasteiger partial charge in [0.15, 0.2) is 11.5 Å². The Morgan fingerprint density at radius 1 is 1.00 bits per heavy atom. The number of aryl methyl sites for hydroxylation is 1. The van der Waals surface area contributed by atoms with Crippen molar-refractivity contribution in [2.24, 2.45) is 0 Å². The van der Waals surface area contributed by atoms with Crippen LogP contribution in [-0.4, -0.2) is 67.1 Å². The molecule has 2 heterocycles. The Hall–Kier alpha value is -2.12. The van der Waals surface area contributed by atoms with Crippen LogP contribution in [0.15, 0.2) is 42.5 Å². The molecule has 2 aromatic rings. The SMILES string of the molecule is Cc1ccccc1CN1CCN(CC(O)COCc2ccc3c(c2)OCO3)CC1. The minimum atomic E-state index is -0.480. The molecule has 0 spiro atoms. The molecule has 1 fully saturated rings. The molecule has 0 amide bonds. The number of hydrogen-bond acceptors (Lipinski definition) is 6. The van der Waals surface area contributed by atoms with Crippen molar-refractivity contribution in [3.8, 4) is 11.5 Å². The van der Waals surface area contributed by atoms with E-state index in [-0.39, 0.29) is 6.79 Å². The summed E-state index contributed by atoms with van der Waals surface area (Å²) < 4.78 is 16.4. The summed E-state index contributed by atoms with van der Waals surface area (Å²) in [5.41, 5.74) is 3.77. The highest BCUT2D eigenvalue weighted by Crippen LogP contribution is 2.32. The Balaban J connectivity index is 1.14. The molecule has 0 radical (unpaired) electrons. The van der Waals surface area contributed by atoms with Gasteiger partial charge in [-0.05, 0) is 35.7 Å². The van der Waals surface area contributed by atoms with E-state index in [1.165, 1.54) is 11.1 Å². The Kier molecular flexibility index (Phi) is 6.67. The first-order valence-electron chi connectivity index (χ1n) is 10.3. The maximum atomic E-state index is 10.3. The maximum absolute atomic E-state index is 10.3. The summed E-state index contributed by atoms with van der Waals surface area (Å²) in [5, 5.41) is 10.3. The van der Waals surface area contributed by atoms with Crippen molar-refractivity contribution in [3.05, 3.63) is 59.2 Å². The lowest BCUT2D eigenvalue weighted by Crippen LogP contribution is -2.48. The van der Waals surface area contributed by atoms with Crippen molar-refractivity contribution in [2.75, 3.05) is 46.1 Å². The molecule has 1 N–H and O–H groups in total. The van der Waals surface area contributed by atoms with E-state index in [2.05, 4.69) is 41.0 Å². The van der Waals surface area contributed by atoms with Crippen LogP contribution in [0.1, 0.15) is 16.7 Å². The largest absolute Gasteiger partial charge is 0.454 e. The van der Waals surface area contributed by atoms with Gasteiger partial charge in [-0.25, -0.2) is 0 Å². The number of aliphatic hydroxyl groups excluding tert-OH is 1. The minimum Gasteiger partial charge on any atom is -0.454 e. The zero-order chi connectivity index (χ0) is 20.1. The Morgan fingerprint density at radius 2 is 1.76 bits per heavy atom. The molecule has 0 bridgehead atoms. The smallest absolute Gasteiger partial charge is 0.231 e. The van der Waals surface area contributed by atoms with Crippen molar-refractivity contribution in [1.29, 1.82) is 0 Å². The van der Waals surface area contributed by atoms with E-state index in [1.807, 2.05) is 18.2 Å². The molecule has 29 heavy (non-hydrogen) atoms. The van der Waals surface area contributed by atoms with Gasteiger partial charge < -0.3 is 19.3 Å². The van der Waals surface area contributed by atoms with Gasteiger partial charge in [0.1, 0.15) is 0 Å². The van der Waals surface area contributed by atoms with Crippen LogP contribution in [0.4, 0.5) is 0 Å². The van der Waals surface area contributed by atoms with Crippen molar-refractivity contribution in [1.82, 2.24) is 9.80 Å². The highest BCUT2D eigenvalue weighted by Gasteiger charge is 2.20. The fourth-order valence-electron chi connectivity index (χ4n) is 3.85. The third-order valence-corrected chi connectivity index (χ3v) is 5.61. The average molecular weight is 399 g/mol. The number of nitrogens with zero attached hydrogens (tertiary/aromatic N) is 2. The van der Waals surface area contributed by atoms with Crippen LogP contribution < -0.4 is 9.47 Å². The first kappa shape index (κ1) is 20.2. The third kappa shape index (κ3) is 5.48. The van der Waals surface area contributed by atoms with Crippen LogP contribution in [-0.2, 0) is 17.9 Å². The molecular weight excluding hydrogens is 368 g/mol. The molecule has 2 aliphatic rings. The van der Waals surface area contributed by atoms with Gasteiger partial charge in [0, 0.05) is 39.3 Å². The number of β-amino-alcohol motifs (C(OH)–C–C–N with tert-alkyl or cyclic N) is 1. The van der Waals surface area contributed by atoms with E-state index in [0.717, 1.165) is 49.8 Å². The molecule has 1 unspecified atom stereocenters. The third-order valence-electron chi connectivity index (χ3n) is 5.61. The fourth-order valence-corrected chi connectivity index (χ4v) is 3.85.